The predicted molar refractivity (Wildman–Crippen MR) is 139 cm³/mol. The van der Waals surface area contributed by atoms with Gasteiger partial charge in [-0.1, -0.05) is 81.8 Å². The second-order valence-corrected chi connectivity index (χ2v) is 10.1. The molecule has 1 atom stereocenters. The molecule has 3 aromatic rings. The Labute approximate surface area is 215 Å². The van der Waals surface area contributed by atoms with Crippen LogP contribution in [0.15, 0.2) is 93.9 Å². The summed E-state index contributed by atoms with van der Waals surface area (Å²) < 4.78 is 0.951. The van der Waals surface area contributed by atoms with Gasteiger partial charge in [-0.2, -0.15) is 5.26 Å². The maximum atomic E-state index is 13.5. The molecule has 170 valence electrons. The lowest BCUT2D eigenvalue weighted by molar-refractivity contribution is -0.117. The summed E-state index contributed by atoms with van der Waals surface area (Å²) in [7, 11) is 0. The molecule has 0 aromatic heterocycles. The third-order valence-electron chi connectivity index (χ3n) is 5.22. The van der Waals surface area contributed by atoms with Crippen molar-refractivity contribution in [3.8, 4) is 6.07 Å². The molecule has 4 rings (SSSR count). The molecule has 8 heteroatoms. The Bertz CT molecular complexity index is 1270. The Hall–Kier alpha value is -3.05. The summed E-state index contributed by atoms with van der Waals surface area (Å²) in [5.74, 6) is -0.709. The van der Waals surface area contributed by atoms with Crippen LogP contribution in [0, 0.1) is 11.3 Å². The van der Waals surface area contributed by atoms with E-state index in [4.69, 9.17) is 11.6 Å². The summed E-state index contributed by atoms with van der Waals surface area (Å²) in [5, 5.41) is 13.1. The fourth-order valence-electron chi connectivity index (χ4n) is 3.51. The van der Waals surface area contributed by atoms with E-state index >= 15 is 0 Å². The van der Waals surface area contributed by atoms with Gasteiger partial charge in [0.2, 0.25) is 5.91 Å². The van der Waals surface area contributed by atoms with Crippen molar-refractivity contribution in [3.05, 3.63) is 110 Å². The normalized spacial score (nSPS) is 16.8. The van der Waals surface area contributed by atoms with Crippen molar-refractivity contribution in [2.45, 2.75) is 18.2 Å². The Morgan fingerprint density at radius 3 is 2.35 bits per heavy atom. The number of benzene rings is 3. The fourth-order valence-corrected chi connectivity index (χ4v) is 5.21. The molecule has 0 unspecified atom stereocenters. The average Bonchev–Trinajstić information content (AvgIpc) is 3.16. The molecule has 5 nitrogen and oxygen atoms in total. The van der Waals surface area contributed by atoms with Crippen LogP contribution in [0.1, 0.15) is 11.1 Å². The van der Waals surface area contributed by atoms with Gasteiger partial charge in [0.15, 0.2) is 0 Å². The zero-order valence-electron chi connectivity index (χ0n) is 17.9. The van der Waals surface area contributed by atoms with Crippen molar-refractivity contribution < 1.29 is 9.59 Å². The van der Waals surface area contributed by atoms with E-state index in [2.05, 4.69) is 21.2 Å². The second kappa shape index (κ2) is 10.9. The number of nitriles is 1. The molecule has 1 saturated heterocycles. The van der Waals surface area contributed by atoms with Gasteiger partial charge in [0, 0.05) is 21.7 Å². The number of nitrogens with zero attached hydrogens (tertiary/aromatic N) is 2. The Morgan fingerprint density at radius 2 is 1.71 bits per heavy atom. The summed E-state index contributed by atoms with van der Waals surface area (Å²) >= 11 is 10.7. The number of carbonyl (C=O) groups is 2. The van der Waals surface area contributed by atoms with Gasteiger partial charge in [0.05, 0.1) is 5.25 Å². The number of thioether (sulfide) groups is 1. The second-order valence-electron chi connectivity index (χ2n) is 7.55. The minimum Gasteiger partial charge on any atom is -0.347 e. The highest BCUT2D eigenvalue weighted by Crippen LogP contribution is 2.42. The summed E-state index contributed by atoms with van der Waals surface area (Å²) in [4.78, 5) is 27.9. The molecule has 1 aliphatic rings. The maximum absolute atomic E-state index is 13.5. The molecule has 0 bridgehead atoms. The molecular weight excluding hydrogens is 534 g/mol. The molecule has 2 amide bonds. The first-order valence-corrected chi connectivity index (χ1v) is 12.5. The van der Waals surface area contributed by atoms with Crippen LogP contribution in [-0.2, 0) is 22.6 Å². The number of hydrogen-bond donors (Lipinski definition) is 1. The van der Waals surface area contributed by atoms with Gasteiger partial charge in [-0.15, -0.1) is 0 Å². The minimum atomic E-state index is -0.523. The first-order chi connectivity index (χ1) is 16.5. The lowest BCUT2D eigenvalue weighted by Crippen LogP contribution is -2.32. The van der Waals surface area contributed by atoms with Gasteiger partial charge in [-0.25, -0.2) is 0 Å². The van der Waals surface area contributed by atoms with E-state index in [9.17, 15) is 14.9 Å². The van der Waals surface area contributed by atoms with Gasteiger partial charge in [-0.05, 0) is 53.9 Å². The van der Waals surface area contributed by atoms with E-state index in [-0.39, 0.29) is 18.0 Å². The quantitative estimate of drug-likeness (QED) is 0.308. The van der Waals surface area contributed by atoms with E-state index in [1.165, 1.54) is 16.7 Å². The molecule has 1 aliphatic heterocycles. The molecule has 0 aliphatic carbocycles. The van der Waals surface area contributed by atoms with Crippen molar-refractivity contribution >= 4 is 56.8 Å². The standard InChI is InChI=1S/C26H19BrClN3O2S/c27-19-8-6-17(7-9-19)14-23-25(33)31(21-12-10-20(28)11-13-21)26(34-23)22(15-29)24(32)30-16-18-4-2-1-3-5-18/h1-13,23H,14,16H2,(H,30,32)/b26-22-/t23-/m0/s1. The van der Waals surface area contributed by atoms with Crippen molar-refractivity contribution in [1.29, 1.82) is 5.26 Å². The van der Waals surface area contributed by atoms with Gasteiger partial charge in [0.1, 0.15) is 16.7 Å². The van der Waals surface area contributed by atoms with Crippen molar-refractivity contribution in [2.24, 2.45) is 0 Å². The van der Waals surface area contributed by atoms with Gasteiger partial charge in [0.25, 0.3) is 5.91 Å². The van der Waals surface area contributed by atoms with Crippen molar-refractivity contribution in [1.82, 2.24) is 5.32 Å². The smallest absolute Gasteiger partial charge is 0.264 e. The molecule has 0 radical (unpaired) electrons. The van der Waals surface area contributed by atoms with Crippen LogP contribution in [0.5, 0.6) is 0 Å². The van der Waals surface area contributed by atoms with Crippen LogP contribution in [0.3, 0.4) is 0 Å². The zero-order chi connectivity index (χ0) is 24.1. The first kappa shape index (κ1) is 24.1. The largest absolute Gasteiger partial charge is 0.347 e. The number of anilines is 1. The number of carbonyl (C=O) groups excluding carboxylic acids is 2. The fraction of sp³-hybridized carbons (Fsp3) is 0.115. The van der Waals surface area contributed by atoms with E-state index in [1.807, 2.05) is 60.7 Å². The first-order valence-electron chi connectivity index (χ1n) is 10.4. The van der Waals surface area contributed by atoms with Crippen LogP contribution in [0.25, 0.3) is 0 Å². The lowest BCUT2D eigenvalue weighted by Gasteiger charge is -2.19. The van der Waals surface area contributed by atoms with E-state index in [0.717, 1.165) is 15.6 Å². The molecule has 1 heterocycles. The highest BCUT2D eigenvalue weighted by atomic mass is 79.9. The number of nitrogens with one attached hydrogen (secondary N) is 1. The third kappa shape index (κ3) is 5.53. The van der Waals surface area contributed by atoms with Crippen molar-refractivity contribution in [2.75, 3.05) is 4.90 Å². The number of rotatable bonds is 6. The molecule has 3 aromatic carbocycles. The molecule has 0 saturated carbocycles. The number of amides is 2. The molecule has 1 N–H and O–H groups in total. The van der Waals surface area contributed by atoms with Crippen molar-refractivity contribution in [3.63, 3.8) is 0 Å². The van der Waals surface area contributed by atoms with E-state index < -0.39 is 11.2 Å². The van der Waals surface area contributed by atoms with Crippen LogP contribution in [0.2, 0.25) is 5.02 Å². The third-order valence-corrected chi connectivity index (χ3v) is 7.26. The Balaban J connectivity index is 1.66. The predicted octanol–water partition coefficient (Wildman–Crippen LogP) is 5.85. The van der Waals surface area contributed by atoms with E-state index in [1.54, 1.807) is 24.3 Å². The lowest BCUT2D eigenvalue weighted by atomic mass is 10.1. The molecule has 34 heavy (non-hydrogen) atoms. The van der Waals surface area contributed by atoms with Crippen LogP contribution < -0.4 is 10.2 Å². The van der Waals surface area contributed by atoms with Gasteiger partial charge >= 0.3 is 0 Å². The molecular formula is C26H19BrClN3O2S. The Morgan fingerprint density at radius 1 is 1.03 bits per heavy atom. The van der Waals surface area contributed by atoms with Gasteiger partial charge < -0.3 is 5.32 Å². The highest BCUT2D eigenvalue weighted by Gasteiger charge is 2.40. The summed E-state index contributed by atoms with van der Waals surface area (Å²) in [5.41, 5.74) is 2.36. The monoisotopic (exact) mass is 551 g/mol. The van der Waals surface area contributed by atoms with Crippen LogP contribution in [-0.4, -0.2) is 17.1 Å². The van der Waals surface area contributed by atoms with Crippen LogP contribution >= 0.6 is 39.3 Å². The maximum Gasteiger partial charge on any atom is 0.264 e. The average molecular weight is 553 g/mol. The zero-order valence-corrected chi connectivity index (χ0v) is 21.0. The van der Waals surface area contributed by atoms with Gasteiger partial charge in [-0.3, -0.25) is 14.5 Å². The SMILES string of the molecule is N#C/C(C(=O)NCc1ccccc1)=C1/S[C@@H](Cc2ccc(Br)cc2)C(=O)N1c1ccc(Cl)cc1. The summed E-state index contributed by atoms with van der Waals surface area (Å²) in [6.45, 7) is 0.278. The number of hydrogen-bond acceptors (Lipinski definition) is 4. The molecule has 0 spiro atoms. The number of halogens is 2. The Kier molecular flexibility index (Phi) is 7.73. The van der Waals surface area contributed by atoms with E-state index in [0.29, 0.717) is 22.2 Å². The minimum absolute atomic E-state index is 0.0949. The molecule has 1 fully saturated rings. The summed E-state index contributed by atoms with van der Waals surface area (Å²) in [6.07, 6.45) is 0.467. The highest BCUT2D eigenvalue weighted by molar-refractivity contribution is 9.10. The topological polar surface area (TPSA) is 73.2 Å². The van der Waals surface area contributed by atoms with Crippen LogP contribution in [0.4, 0.5) is 5.69 Å². The summed E-state index contributed by atoms with van der Waals surface area (Å²) in [6, 6.07) is 26.0.